The molecule has 0 aromatic heterocycles. The molecule has 12 nitrogen and oxygen atoms in total. The zero-order valence-electron chi connectivity index (χ0n) is 20.8. The van der Waals surface area contributed by atoms with Gasteiger partial charge in [0.15, 0.2) is 12.3 Å². The molecule has 2 aliphatic heterocycles. The van der Waals surface area contributed by atoms with Crippen LogP contribution < -0.4 is 0 Å². The first-order chi connectivity index (χ1) is 19.8. The second kappa shape index (κ2) is 9.89. The summed E-state index contributed by atoms with van der Waals surface area (Å²) < 4.78 is 140. The van der Waals surface area contributed by atoms with E-state index in [9.17, 15) is 62.5 Å². The molecule has 0 bridgehead atoms. The van der Waals surface area contributed by atoms with Crippen molar-refractivity contribution in [3.63, 3.8) is 0 Å². The summed E-state index contributed by atoms with van der Waals surface area (Å²) in [6.45, 7) is -0.852. The van der Waals surface area contributed by atoms with Gasteiger partial charge in [-0.25, -0.2) is 0 Å². The van der Waals surface area contributed by atoms with Crippen LogP contribution in [-0.4, -0.2) is 57.0 Å². The number of carbonyl (C=O) groups excluding carboxylic acids is 3. The molecule has 20 heteroatoms. The lowest BCUT2D eigenvalue weighted by atomic mass is 9.90. The topological polar surface area (TPSA) is 161 Å². The molecule has 3 aliphatic rings. The number of hydroxylamine groups is 2. The molecule has 230 valence electrons. The molecule has 2 aromatic carbocycles. The van der Waals surface area contributed by atoms with Gasteiger partial charge in [-0.3, -0.25) is 14.4 Å². The fourth-order valence-electron chi connectivity index (χ4n) is 5.45. The molecule has 5 atom stereocenters. The quantitative estimate of drug-likeness (QED) is 0.148. The van der Waals surface area contributed by atoms with E-state index >= 15 is 0 Å². The van der Waals surface area contributed by atoms with E-state index in [0.29, 0.717) is 24.3 Å². The van der Waals surface area contributed by atoms with Crippen molar-refractivity contribution in [1.82, 2.24) is 5.06 Å². The van der Waals surface area contributed by atoms with Crippen LogP contribution in [0.5, 0.6) is 0 Å². The number of halogens is 6. The Morgan fingerprint density at radius 3 is 1.74 bits per heavy atom. The SMILES string of the molecule is O=C1C2C(=O)N(OS(=O)(=O)c3ccccc3C(F)(F)F)C(=O)C2C2C[N+](=O)C(OS(=O)(=O)c3ccccc3C(F)(F)F)C12. The Balaban J connectivity index is 1.42. The Kier molecular flexibility index (Phi) is 7.06. The highest BCUT2D eigenvalue weighted by atomic mass is 32.2. The molecular formula is C23H15F6N2O10S2+. The number of amides is 2. The van der Waals surface area contributed by atoms with Crippen LogP contribution in [0, 0.1) is 28.6 Å². The van der Waals surface area contributed by atoms with Crippen molar-refractivity contribution in [3.05, 3.63) is 64.6 Å². The summed E-state index contributed by atoms with van der Waals surface area (Å²) in [7, 11) is -10.9. The summed E-state index contributed by atoms with van der Waals surface area (Å²) >= 11 is 0. The molecular weight excluding hydrogens is 642 g/mol. The highest BCUT2D eigenvalue weighted by Crippen LogP contribution is 2.51. The summed E-state index contributed by atoms with van der Waals surface area (Å²) in [6, 6.07) is 5.48. The van der Waals surface area contributed by atoms with E-state index in [-0.39, 0.29) is 4.76 Å². The molecule has 5 rings (SSSR count). The van der Waals surface area contributed by atoms with Gasteiger partial charge < -0.3 is 0 Å². The molecule has 5 unspecified atom stereocenters. The standard InChI is InChI=1S/C23H15F6N2O10S2/c24-22(25,26)11-5-1-3-7-13(11)42(36,37)40-21-16-10(9-30(21)35)15-17(18(16)32)20(34)31(19(15)33)41-43(38,39)14-8-4-2-6-12(14)23(27,28)29/h1-8,10,15-17,21H,9H2/q+1. The Hall–Kier alpha value is -3.75. The van der Waals surface area contributed by atoms with Gasteiger partial charge in [-0.15, -0.1) is 9.35 Å². The predicted molar refractivity (Wildman–Crippen MR) is 123 cm³/mol. The zero-order valence-corrected chi connectivity index (χ0v) is 22.4. The van der Waals surface area contributed by atoms with Gasteiger partial charge in [0.1, 0.15) is 21.6 Å². The molecule has 0 N–H and O–H groups in total. The largest absolute Gasteiger partial charge is 0.417 e. The van der Waals surface area contributed by atoms with Crippen LogP contribution in [0.25, 0.3) is 0 Å². The molecule has 43 heavy (non-hydrogen) atoms. The maximum Gasteiger partial charge on any atom is 0.417 e. The normalized spacial score (nSPS) is 26.3. The lowest BCUT2D eigenvalue weighted by Crippen LogP contribution is -2.40. The molecule has 1 saturated carbocycles. The number of nitroso groups, excluding NO2 is 1. The summed E-state index contributed by atoms with van der Waals surface area (Å²) in [6.07, 6.45) is -12.7. The fourth-order valence-corrected chi connectivity index (χ4v) is 7.85. The average Bonchev–Trinajstić information content (AvgIpc) is 3.46. The van der Waals surface area contributed by atoms with Crippen molar-refractivity contribution in [2.24, 2.45) is 23.7 Å². The van der Waals surface area contributed by atoms with Gasteiger partial charge in [-0.05, 0) is 24.3 Å². The van der Waals surface area contributed by atoms with Gasteiger partial charge >= 0.3 is 38.8 Å². The van der Waals surface area contributed by atoms with E-state index in [2.05, 4.69) is 4.28 Å². The van der Waals surface area contributed by atoms with E-state index in [1.165, 1.54) is 0 Å². The molecule has 0 radical (unpaired) electrons. The summed E-state index contributed by atoms with van der Waals surface area (Å²) in [5.41, 5.74) is -3.32. The highest BCUT2D eigenvalue weighted by molar-refractivity contribution is 7.87. The van der Waals surface area contributed by atoms with Gasteiger partial charge in [0.25, 0.3) is 11.8 Å². The third-order valence-corrected chi connectivity index (χ3v) is 9.76. The average molecular weight is 657 g/mol. The van der Waals surface area contributed by atoms with Crippen molar-refractivity contribution < 1.29 is 70.8 Å². The van der Waals surface area contributed by atoms with Crippen LogP contribution in [0.3, 0.4) is 0 Å². The van der Waals surface area contributed by atoms with Crippen LogP contribution in [-0.2, 0) is 55.4 Å². The minimum Gasteiger partial charge on any atom is -0.298 e. The van der Waals surface area contributed by atoms with Crippen molar-refractivity contribution >= 4 is 37.8 Å². The number of ketones is 1. The summed E-state index contributed by atoms with van der Waals surface area (Å²) in [4.78, 5) is 49.1. The van der Waals surface area contributed by atoms with Gasteiger partial charge in [0, 0.05) is 9.67 Å². The summed E-state index contributed by atoms with van der Waals surface area (Å²) in [5.74, 6) is -11.6. The van der Waals surface area contributed by atoms with Crippen LogP contribution in [0.1, 0.15) is 11.1 Å². The van der Waals surface area contributed by atoms with Crippen molar-refractivity contribution in [3.8, 4) is 0 Å². The minimum atomic E-state index is -5.50. The van der Waals surface area contributed by atoms with E-state index in [1.807, 2.05) is 0 Å². The van der Waals surface area contributed by atoms with Crippen molar-refractivity contribution in [1.29, 1.82) is 0 Å². The van der Waals surface area contributed by atoms with Gasteiger partial charge in [-0.2, -0.15) is 47.4 Å². The molecule has 2 heterocycles. The molecule has 0 spiro atoms. The summed E-state index contributed by atoms with van der Waals surface area (Å²) in [5, 5.41) is -0.411. The van der Waals surface area contributed by atoms with Crippen LogP contribution >= 0.6 is 0 Å². The number of nitrogens with zero attached hydrogens (tertiary/aromatic N) is 2. The lowest BCUT2D eigenvalue weighted by Gasteiger charge is -2.19. The Morgan fingerprint density at radius 1 is 0.744 bits per heavy atom. The second-order valence-electron chi connectivity index (χ2n) is 9.62. The number of carbonyl (C=O) groups is 3. The molecule has 2 amide bonds. The second-order valence-corrected chi connectivity index (χ2v) is 12.7. The number of hydrogen-bond donors (Lipinski definition) is 0. The van der Waals surface area contributed by atoms with Crippen LogP contribution in [0.4, 0.5) is 26.3 Å². The van der Waals surface area contributed by atoms with E-state index in [4.69, 9.17) is 4.18 Å². The lowest BCUT2D eigenvalue weighted by molar-refractivity contribution is -0.603. The number of rotatable bonds is 6. The van der Waals surface area contributed by atoms with Crippen LogP contribution in [0.2, 0.25) is 0 Å². The number of imide groups is 1. The van der Waals surface area contributed by atoms with E-state index in [1.54, 1.807) is 0 Å². The monoisotopic (exact) mass is 657 g/mol. The minimum absolute atomic E-state index is 0.130. The number of alkyl halides is 6. The molecule has 2 saturated heterocycles. The number of Topliss-reactive ketones (excluding diaryl/α,β-unsaturated/α-hetero) is 1. The van der Waals surface area contributed by atoms with E-state index in [0.717, 1.165) is 24.3 Å². The maximum absolute atomic E-state index is 13.4. The van der Waals surface area contributed by atoms with E-state index < -0.39 is 113 Å². The first-order valence-corrected chi connectivity index (χ1v) is 14.6. The Bertz CT molecular complexity index is 1790. The fraction of sp³-hybridized carbons (Fsp3) is 0.348. The molecule has 2 aromatic rings. The first kappa shape index (κ1) is 30.7. The van der Waals surface area contributed by atoms with Gasteiger partial charge in [0.2, 0.25) is 0 Å². The molecule has 3 fully saturated rings. The first-order valence-electron chi connectivity index (χ1n) is 11.8. The maximum atomic E-state index is 13.4. The Morgan fingerprint density at radius 2 is 1.23 bits per heavy atom. The van der Waals surface area contributed by atoms with Crippen molar-refractivity contribution in [2.45, 2.75) is 28.4 Å². The number of fused-ring (bicyclic) bond motifs is 3. The van der Waals surface area contributed by atoms with Crippen molar-refractivity contribution in [2.75, 3.05) is 6.54 Å². The Labute approximate surface area is 236 Å². The molecule has 1 aliphatic carbocycles. The third-order valence-electron chi connectivity index (χ3n) is 7.17. The van der Waals surface area contributed by atoms with Gasteiger partial charge in [-0.1, -0.05) is 24.3 Å². The zero-order chi connectivity index (χ0) is 31.9. The predicted octanol–water partition coefficient (Wildman–Crippen LogP) is 2.28. The number of hydrogen-bond acceptors (Lipinski definition) is 10. The smallest absolute Gasteiger partial charge is 0.298 e. The highest BCUT2D eigenvalue weighted by Gasteiger charge is 2.73. The third kappa shape index (κ3) is 5.00. The van der Waals surface area contributed by atoms with Gasteiger partial charge in [0.05, 0.1) is 23.0 Å². The van der Waals surface area contributed by atoms with Crippen LogP contribution in [0.15, 0.2) is 58.3 Å². The number of benzene rings is 2.